The fourth-order valence-corrected chi connectivity index (χ4v) is 5.87. The van der Waals surface area contributed by atoms with Crippen molar-refractivity contribution < 1.29 is 47.7 Å². The second kappa shape index (κ2) is 13.6. The third kappa shape index (κ3) is 6.90. The highest BCUT2D eigenvalue weighted by Crippen LogP contribution is 2.37. The van der Waals surface area contributed by atoms with Gasteiger partial charge in [0.15, 0.2) is 11.6 Å². The Morgan fingerprint density at radius 2 is 0.780 bits per heavy atom. The van der Waals surface area contributed by atoms with Crippen molar-refractivity contribution in [2.24, 2.45) is 0 Å². The van der Waals surface area contributed by atoms with Crippen LogP contribution in [0.2, 0.25) is 0 Å². The lowest BCUT2D eigenvalue weighted by atomic mass is 9.82. The molecule has 0 radical (unpaired) electrons. The van der Waals surface area contributed by atoms with Crippen molar-refractivity contribution in [1.29, 1.82) is 0 Å². The Labute approximate surface area is 281 Å². The van der Waals surface area contributed by atoms with Crippen molar-refractivity contribution in [1.82, 2.24) is 0 Å². The number of hydrogen-bond donors (Lipinski definition) is 4. The van der Waals surface area contributed by atoms with Gasteiger partial charge >= 0.3 is 22.5 Å². The van der Waals surface area contributed by atoms with E-state index < -0.39 is 92.9 Å². The Morgan fingerprint density at radius 1 is 0.500 bits per heavy atom. The van der Waals surface area contributed by atoms with Crippen LogP contribution < -0.4 is 22.5 Å². The Bertz CT molecular complexity index is 2220. The minimum Gasteiger partial charge on any atom is -0.507 e. The molecule has 4 heterocycles. The quantitative estimate of drug-likeness (QED) is 0.149. The van der Waals surface area contributed by atoms with E-state index in [-0.39, 0.29) is 45.3 Å². The van der Waals surface area contributed by atoms with Gasteiger partial charge < -0.3 is 38.1 Å². The Hall–Kier alpha value is -6.44. The maximum atomic E-state index is 13.4. The highest BCUT2D eigenvalue weighted by Gasteiger charge is 2.32. The number of hydrogen-bond acceptors (Lipinski definition) is 14. The smallest absolute Gasteiger partial charge is 0.350 e. The molecule has 0 fully saturated rings. The number of Topliss-reactive ketones (excluding diaryl/α,β-unsaturated/α-hetero) is 2. The molecule has 0 amide bonds. The minimum atomic E-state index is -1.26. The molecule has 4 N–H and O–H groups in total. The molecule has 14 nitrogen and oxygen atoms in total. The van der Waals surface area contributed by atoms with E-state index in [4.69, 9.17) is 17.7 Å². The largest absolute Gasteiger partial charge is 0.507 e. The van der Waals surface area contributed by atoms with Crippen LogP contribution in [0.1, 0.15) is 90.7 Å². The fraction of sp³-hybridized carbons (Fsp3) is 0.222. The lowest BCUT2D eigenvalue weighted by Crippen LogP contribution is -2.22. The molecule has 50 heavy (non-hydrogen) atoms. The molecule has 0 saturated carbocycles. The minimum absolute atomic E-state index is 0.0492. The number of benzene rings is 1. The summed E-state index contributed by atoms with van der Waals surface area (Å²) < 4.78 is 20.3. The van der Waals surface area contributed by atoms with Gasteiger partial charge in [0.1, 0.15) is 57.2 Å². The molecule has 5 aromatic rings. The van der Waals surface area contributed by atoms with Crippen LogP contribution in [0, 0.1) is 27.7 Å². The summed E-state index contributed by atoms with van der Waals surface area (Å²) in [6.07, 6.45) is -1.26. The molecule has 5 rings (SSSR count). The molecule has 0 aliphatic carbocycles. The van der Waals surface area contributed by atoms with E-state index in [2.05, 4.69) is 0 Å². The van der Waals surface area contributed by atoms with Crippen LogP contribution in [0.4, 0.5) is 0 Å². The predicted molar refractivity (Wildman–Crippen MR) is 174 cm³/mol. The van der Waals surface area contributed by atoms with Gasteiger partial charge in [0.2, 0.25) is 0 Å². The van der Waals surface area contributed by atoms with Gasteiger partial charge in [-0.05, 0) is 38.8 Å². The molecule has 0 spiro atoms. The maximum absolute atomic E-state index is 13.4. The molecule has 0 bridgehead atoms. The second-order valence-electron chi connectivity index (χ2n) is 11.7. The van der Waals surface area contributed by atoms with Crippen LogP contribution in [-0.2, 0) is 0 Å². The first-order valence-electron chi connectivity index (χ1n) is 15.1. The zero-order valence-electron chi connectivity index (χ0n) is 27.1. The Morgan fingerprint density at radius 3 is 1.06 bits per heavy atom. The first kappa shape index (κ1) is 34.9. The van der Waals surface area contributed by atoms with E-state index in [0.29, 0.717) is 0 Å². The first-order chi connectivity index (χ1) is 23.5. The van der Waals surface area contributed by atoms with E-state index >= 15 is 0 Å². The number of carbonyl (C=O) groups is 2. The van der Waals surface area contributed by atoms with Crippen LogP contribution in [0.3, 0.4) is 0 Å². The van der Waals surface area contributed by atoms with Crippen LogP contribution in [-0.4, -0.2) is 32.0 Å². The van der Waals surface area contributed by atoms with Gasteiger partial charge in [0.05, 0.1) is 11.1 Å². The maximum Gasteiger partial charge on any atom is 0.350 e. The van der Waals surface area contributed by atoms with Crippen molar-refractivity contribution in [2.45, 2.75) is 52.4 Å². The zero-order chi connectivity index (χ0) is 36.6. The van der Waals surface area contributed by atoms with Gasteiger partial charge in [-0.2, -0.15) is 0 Å². The van der Waals surface area contributed by atoms with Gasteiger partial charge in [-0.15, -0.1) is 0 Å². The number of rotatable bonds is 10. The molecule has 0 aliphatic rings. The normalized spacial score (nSPS) is 12.4. The molecule has 2 unspecified atom stereocenters. The highest BCUT2D eigenvalue weighted by atomic mass is 16.4. The lowest BCUT2D eigenvalue weighted by molar-refractivity contribution is 0.0960. The summed E-state index contributed by atoms with van der Waals surface area (Å²) in [7, 11) is 0. The summed E-state index contributed by atoms with van der Waals surface area (Å²) in [5.74, 6) is -6.43. The van der Waals surface area contributed by atoms with Crippen LogP contribution in [0.25, 0.3) is 0 Å². The SMILES string of the molecule is Cc1cc(O)c(C(=O)CC(c2ccc(C(CC(=O)c3c(O)cc(C)oc3=O)c3c(O)cc(C)oc3=O)cc2)c2c(O)cc(C)oc2=O)c(=O)o1. The predicted octanol–water partition coefficient (Wildman–Crippen LogP) is 4.37. The Balaban J connectivity index is 1.63. The lowest BCUT2D eigenvalue weighted by Gasteiger charge is -2.21. The fourth-order valence-electron chi connectivity index (χ4n) is 5.87. The van der Waals surface area contributed by atoms with E-state index in [0.717, 1.165) is 12.1 Å². The summed E-state index contributed by atoms with van der Waals surface area (Å²) in [5, 5.41) is 42.4. The Kier molecular flexibility index (Phi) is 9.48. The number of aromatic hydroxyl groups is 4. The van der Waals surface area contributed by atoms with Crippen LogP contribution in [0.15, 0.2) is 85.4 Å². The van der Waals surface area contributed by atoms with E-state index in [9.17, 15) is 49.2 Å². The standard InChI is InChI=1S/C36H30O14/c1-15-9-23(37)29(33(43)47-15)21(13-27(41)31-25(39)11-17(3)49-35(31)45)19-5-7-20(8-6-19)22(30-24(38)10-16(2)48-34(30)44)14-28(42)32-26(40)12-18(4)50-36(32)46/h5-12,21-22,37-40H,13-14H2,1-4H3. The summed E-state index contributed by atoms with van der Waals surface area (Å²) >= 11 is 0. The summed E-state index contributed by atoms with van der Waals surface area (Å²) in [6.45, 7) is 5.64. The second-order valence-corrected chi connectivity index (χ2v) is 11.7. The summed E-state index contributed by atoms with van der Waals surface area (Å²) in [5.41, 5.74) is -5.76. The monoisotopic (exact) mass is 686 g/mol. The van der Waals surface area contributed by atoms with E-state index in [1.54, 1.807) is 0 Å². The third-order valence-corrected chi connectivity index (χ3v) is 8.06. The molecule has 2 atom stereocenters. The first-order valence-corrected chi connectivity index (χ1v) is 15.1. The van der Waals surface area contributed by atoms with Crippen molar-refractivity contribution in [3.05, 3.63) is 147 Å². The molecular weight excluding hydrogens is 656 g/mol. The summed E-state index contributed by atoms with van der Waals surface area (Å²) in [4.78, 5) is 78.0. The molecule has 4 aromatic heterocycles. The van der Waals surface area contributed by atoms with Crippen molar-refractivity contribution >= 4 is 11.6 Å². The van der Waals surface area contributed by atoms with E-state index in [1.807, 2.05) is 0 Å². The molecule has 1 aromatic carbocycles. The number of aryl methyl sites for hydroxylation is 4. The van der Waals surface area contributed by atoms with Gasteiger partial charge in [-0.25, -0.2) is 19.2 Å². The molecule has 0 aliphatic heterocycles. The average Bonchev–Trinajstić information content (AvgIpc) is 2.98. The van der Waals surface area contributed by atoms with Gasteiger partial charge in [-0.3, -0.25) is 9.59 Å². The van der Waals surface area contributed by atoms with Crippen molar-refractivity contribution in [3.8, 4) is 23.0 Å². The molecular formula is C36H30O14. The van der Waals surface area contributed by atoms with Gasteiger partial charge in [-0.1, -0.05) is 24.3 Å². The number of ketones is 2. The molecule has 258 valence electrons. The zero-order valence-corrected chi connectivity index (χ0v) is 27.1. The van der Waals surface area contributed by atoms with Crippen molar-refractivity contribution in [3.63, 3.8) is 0 Å². The van der Waals surface area contributed by atoms with Crippen LogP contribution >= 0.6 is 0 Å². The highest BCUT2D eigenvalue weighted by molar-refractivity contribution is 5.99. The summed E-state index contributed by atoms with van der Waals surface area (Å²) in [6, 6.07) is 10.1. The van der Waals surface area contributed by atoms with Crippen LogP contribution in [0.5, 0.6) is 23.0 Å². The topological polar surface area (TPSA) is 236 Å². The van der Waals surface area contributed by atoms with Crippen molar-refractivity contribution in [2.75, 3.05) is 0 Å². The number of carbonyl (C=O) groups excluding carboxylic acids is 2. The van der Waals surface area contributed by atoms with Gasteiger partial charge in [0.25, 0.3) is 0 Å². The molecule has 0 saturated heterocycles. The average molecular weight is 687 g/mol. The van der Waals surface area contributed by atoms with Gasteiger partial charge in [0, 0.05) is 48.9 Å². The van der Waals surface area contributed by atoms with E-state index in [1.165, 1.54) is 64.1 Å². The third-order valence-electron chi connectivity index (χ3n) is 8.06. The molecule has 14 heteroatoms.